The average Bonchev–Trinajstić information content (AvgIpc) is 3.18. The van der Waals surface area contributed by atoms with Crippen molar-refractivity contribution >= 4 is 66.4 Å². The number of rotatable bonds is 5. The van der Waals surface area contributed by atoms with Crippen molar-refractivity contribution in [3.05, 3.63) is 135 Å². The first-order valence-corrected chi connectivity index (χ1v) is 15.3. The molecule has 296 valence electrons. The minimum atomic E-state index is -3.89. The lowest BCUT2D eigenvalue weighted by atomic mass is 9.72. The van der Waals surface area contributed by atoms with Crippen LogP contribution in [0.2, 0.25) is 0 Å². The largest absolute Gasteiger partial charge is 0.636 e. The summed E-state index contributed by atoms with van der Waals surface area (Å²) in [5.41, 5.74) is -2.37. The van der Waals surface area contributed by atoms with Gasteiger partial charge in [0.05, 0.1) is 32.4 Å². The summed E-state index contributed by atoms with van der Waals surface area (Å²) in [6, 6.07) is 2.76. The molecular formula is C36H4BF19O2. The van der Waals surface area contributed by atoms with E-state index in [-0.39, 0.29) is 0 Å². The molecule has 0 saturated heterocycles. The van der Waals surface area contributed by atoms with E-state index in [0.717, 1.165) is 12.1 Å². The van der Waals surface area contributed by atoms with E-state index in [0.29, 0.717) is 12.1 Å². The molecule has 22 heteroatoms. The van der Waals surface area contributed by atoms with Crippen LogP contribution in [-0.4, -0.2) is 7.12 Å². The zero-order valence-corrected chi connectivity index (χ0v) is 26.9. The Morgan fingerprint density at radius 2 is 0.690 bits per heavy atom. The standard InChI is InChI=1S/C36H4BF19O2/c38-7-3-1-2-5-4-6-9(17(39)8(5)7)18(40)28(50)32(54)35(6)57-37(58-36-33(55)30(52)29(51)31(53)34(36)56)16-12-10-11-14(20(42)19(12)41)24(46)27(49)25(47)15(11)22(44)21(43)13(10)23(45)26(16)48/h1-4H. The fourth-order valence-corrected chi connectivity index (χ4v) is 6.71. The lowest BCUT2D eigenvalue weighted by molar-refractivity contribution is 0.331. The van der Waals surface area contributed by atoms with Gasteiger partial charge < -0.3 is 9.31 Å². The van der Waals surface area contributed by atoms with Crippen LogP contribution in [0.3, 0.4) is 0 Å². The quantitative estimate of drug-likeness (QED) is 0.0429. The van der Waals surface area contributed by atoms with E-state index >= 15 is 61.5 Å². The maximum atomic E-state index is 16.3. The summed E-state index contributed by atoms with van der Waals surface area (Å²) in [5, 5.41) is -17.2. The Bertz CT molecular complexity index is 3140. The monoisotopic (exact) mass is 840 g/mol. The maximum Gasteiger partial charge on any atom is 0.636 e. The van der Waals surface area contributed by atoms with Gasteiger partial charge in [-0.05, 0) is 17.5 Å². The number of halogens is 19. The van der Waals surface area contributed by atoms with Crippen molar-refractivity contribution in [1.29, 1.82) is 0 Å². The first kappa shape index (κ1) is 38.5. The minimum Gasteiger partial charge on any atom is -0.519 e. The molecule has 0 heterocycles. The van der Waals surface area contributed by atoms with Gasteiger partial charge in [0.1, 0.15) is 17.4 Å². The van der Waals surface area contributed by atoms with E-state index in [1.54, 1.807) is 0 Å². The summed E-state index contributed by atoms with van der Waals surface area (Å²) < 4.78 is 298. The van der Waals surface area contributed by atoms with Crippen molar-refractivity contribution in [3.63, 3.8) is 0 Å². The number of hydrogen-bond donors (Lipinski definition) is 0. The lowest BCUT2D eigenvalue weighted by Crippen LogP contribution is -2.46. The molecule has 0 fully saturated rings. The Morgan fingerprint density at radius 3 is 1.24 bits per heavy atom. The summed E-state index contributed by atoms with van der Waals surface area (Å²) in [5.74, 6) is -55.7. The molecule has 8 aromatic carbocycles. The summed E-state index contributed by atoms with van der Waals surface area (Å²) in [4.78, 5) is 0. The van der Waals surface area contributed by atoms with E-state index in [9.17, 15) is 22.0 Å². The van der Waals surface area contributed by atoms with Gasteiger partial charge in [-0.25, -0.2) is 70.2 Å². The summed E-state index contributed by atoms with van der Waals surface area (Å²) in [7, 11) is -3.89. The number of fused-ring (bicyclic) bond motifs is 2. The molecule has 0 atom stereocenters. The van der Waals surface area contributed by atoms with Crippen molar-refractivity contribution < 1.29 is 92.7 Å². The second-order valence-electron chi connectivity index (χ2n) is 12.2. The Labute approximate surface area is 305 Å². The highest BCUT2D eigenvalue weighted by Crippen LogP contribution is 2.46. The highest BCUT2D eigenvalue weighted by Gasteiger charge is 2.44. The summed E-state index contributed by atoms with van der Waals surface area (Å²) in [6.07, 6.45) is 0. The predicted molar refractivity (Wildman–Crippen MR) is 164 cm³/mol. The molecule has 0 aliphatic heterocycles. The van der Waals surface area contributed by atoms with Gasteiger partial charge in [-0.15, -0.1) is 0 Å². The van der Waals surface area contributed by atoms with Crippen LogP contribution in [0.1, 0.15) is 0 Å². The van der Waals surface area contributed by atoms with Crippen LogP contribution in [0.15, 0.2) is 24.3 Å². The van der Waals surface area contributed by atoms with Crippen molar-refractivity contribution in [2.75, 3.05) is 0 Å². The van der Waals surface area contributed by atoms with Gasteiger partial charge in [-0.2, -0.15) is 13.2 Å². The molecule has 58 heavy (non-hydrogen) atoms. The van der Waals surface area contributed by atoms with Crippen LogP contribution in [0.5, 0.6) is 11.5 Å². The van der Waals surface area contributed by atoms with Crippen molar-refractivity contribution in [1.82, 2.24) is 0 Å². The Morgan fingerprint density at radius 1 is 0.310 bits per heavy atom. The van der Waals surface area contributed by atoms with E-state index < -0.39 is 188 Å². The van der Waals surface area contributed by atoms with E-state index in [1.807, 2.05) is 0 Å². The van der Waals surface area contributed by atoms with Crippen molar-refractivity contribution in [2.45, 2.75) is 0 Å². The number of benzene rings is 8. The molecule has 0 unspecified atom stereocenters. The number of hydrogen-bond acceptors (Lipinski definition) is 2. The second-order valence-corrected chi connectivity index (χ2v) is 12.2. The van der Waals surface area contributed by atoms with Crippen LogP contribution in [0, 0.1) is 111 Å². The van der Waals surface area contributed by atoms with Gasteiger partial charge in [-0.3, -0.25) is 0 Å². The molecule has 0 bridgehead atoms. The highest BCUT2D eigenvalue weighted by molar-refractivity contribution is 6.66. The summed E-state index contributed by atoms with van der Waals surface area (Å²) in [6.45, 7) is 0. The average molecular weight is 840 g/mol. The van der Waals surface area contributed by atoms with Crippen LogP contribution in [0.4, 0.5) is 83.4 Å². The van der Waals surface area contributed by atoms with Gasteiger partial charge in [0, 0.05) is 21.5 Å². The third-order valence-corrected chi connectivity index (χ3v) is 9.21. The fraction of sp³-hybridized carbons (Fsp3) is 0. The normalized spacial score (nSPS) is 12.1. The van der Waals surface area contributed by atoms with Crippen LogP contribution in [-0.2, 0) is 0 Å². The van der Waals surface area contributed by atoms with Gasteiger partial charge >= 0.3 is 7.12 Å². The van der Waals surface area contributed by atoms with E-state index in [1.165, 1.54) is 0 Å². The predicted octanol–water partition coefficient (Wildman–Crippen LogP) is 11.4. The Kier molecular flexibility index (Phi) is 8.52. The maximum absolute atomic E-state index is 16.3. The minimum absolute atomic E-state index is 0.410. The van der Waals surface area contributed by atoms with Crippen molar-refractivity contribution in [3.8, 4) is 11.5 Å². The smallest absolute Gasteiger partial charge is 0.519 e. The van der Waals surface area contributed by atoms with Gasteiger partial charge in [0.25, 0.3) is 0 Å². The van der Waals surface area contributed by atoms with Crippen LogP contribution >= 0.6 is 0 Å². The highest BCUT2D eigenvalue weighted by atomic mass is 19.2. The van der Waals surface area contributed by atoms with Gasteiger partial charge in [0.2, 0.25) is 34.9 Å². The third kappa shape index (κ3) is 4.85. The Hall–Kier alpha value is -6.35. The zero-order chi connectivity index (χ0) is 42.3. The van der Waals surface area contributed by atoms with Gasteiger partial charge in [0.15, 0.2) is 69.7 Å². The molecule has 0 spiro atoms. The molecule has 0 radical (unpaired) electrons. The topological polar surface area (TPSA) is 18.5 Å². The molecular weight excluding hydrogens is 836 g/mol. The van der Waals surface area contributed by atoms with Crippen molar-refractivity contribution in [2.24, 2.45) is 0 Å². The van der Waals surface area contributed by atoms with Crippen LogP contribution < -0.4 is 14.8 Å². The van der Waals surface area contributed by atoms with Gasteiger partial charge in [-0.1, -0.05) is 12.1 Å². The van der Waals surface area contributed by atoms with Crippen LogP contribution in [0.25, 0.3) is 53.9 Å². The molecule has 0 amide bonds. The lowest BCUT2D eigenvalue weighted by Gasteiger charge is -2.24. The first-order valence-electron chi connectivity index (χ1n) is 15.3. The molecule has 0 aromatic heterocycles. The summed E-state index contributed by atoms with van der Waals surface area (Å²) >= 11 is 0. The van der Waals surface area contributed by atoms with E-state index in [4.69, 9.17) is 4.65 Å². The molecule has 0 saturated carbocycles. The molecule has 8 aromatic rings. The SMILES string of the molecule is Fc1c(F)c(F)c(OB(Oc2c(F)c(F)c(F)c3c(F)c4c(F)cccc4cc23)c2c(F)c(F)c3c(F)c(F)c4c(F)c(F)c(F)c5c(F)c(F)c2c3c45)c(F)c1F. The molecule has 0 aliphatic rings. The first-order chi connectivity index (χ1) is 27.2. The molecule has 2 nitrogen and oxygen atoms in total. The third-order valence-electron chi connectivity index (χ3n) is 9.21. The molecule has 8 rings (SSSR count). The fourth-order valence-electron chi connectivity index (χ4n) is 6.71. The Balaban J connectivity index is 1.57. The second kappa shape index (κ2) is 12.8. The zero-order valence-electron chi connectivity index (χ0n) is 26.9. The molecule has 0 aliphatic carbocycles. The molecule has 0 N–H and O–H groups in total. The van der Waals surface area contributed by atoms with E-state index in [2.05, 4.69) is 4.65 Å².